The summed E-state index contributed by atoms with van der Waals surface area (Å²) in [5, 5.41) is 2.93. The maximum absolute atomic E-state index is 11.7. The van der Waals surface area contributed by atoms with Gasteiger partial charge in [0.05, 0.1) is 6.54 Å². The molecule has 0 aliphatic heterocycles. The minimum absolute atomic E-state index is 0.0897. The Kier molecular flexibility index (Phi) is 6.36. The first kappa shape index (κ1) is 14.6. The zero-order chi connectivity index (χ0) is 13.4. The van der Waals surface area contributed by atoms with Gasteiger partial charge in [-0.25, -0.2) is 0 Å². The minimum Gasteiger partial charge on any atom is -0.355 e. The average Bonchev–Trinajstić information content (AvgIpc) is 2.39. The van der Waals surface area contributed by atoms with Crippen molar-refractivity contribution in [1.29, 1.82) is 0 Å². The van der Waals surface area contributed by atoms with Crippen LogP contribution >= 0.6 is 0 Å². The van der Waals surface area contributed by atoms with Crippen LogP contribution in [0.15, 0.2) is 24.5 Å². The van der Waals surface area contributed by atoms with Crippen LogP contribution in [0.5, 0.6) is 0 Å². The molecule has 1 aromatic rings. The Morgan fingerprint density at radius 2 is 2.11 bits per heavy atom. The second-order valence-corrected chi connectivity index (χ2v) is 4.58. The van der Waals surface area contributed by atoms with E-state index >= 15 is 0 Å². The first-order valence-corrected chi connectivity index (χ1v) is 6.52. The Balaban J connectivity index is 2.40. The molecule has 0 aliphatic rings. The third-order valence-electron chi connectivity index (χ3n) is 3.10. The highest BCUT2D eigenvalue weighted by molar-refractivity contribution is 5.77. The first-order valence-electron chi connectivity index (χ1n) is 6.52. The zero-order valence-corrected chi connectivity index (χ0v) is 11.5. The van der Waals surface area contributed by atoms with Gasteiger partial charge in [0.1, 0.15) is 0 Å². The van der Waals surface area contributed by atoms with E-state index in [1.807, 2.05) is 24.1 Å². The van der Waals surface area contributed by atoms with Crippen molar-refractivity contribution in [3.05, 3.63) is 30.1 Å². The lowest BCUT2D eigenvalue weighted by atomic mass is 10.1. The topological polar surface area (TPSA) is 45.2 Å². The van der Waals surface area contributed by atoms with Crippen molar-refractivity contribution >= 4 is 5.91 Å². The molecule has 4 heteroatoms. The number of amides is 1. The number of nitrogens with zero attached hydrogens (tertiary/aromatic N) is 2. The molecule has 0 saturated carbocycles. The van der Waals surface area contributed by atoms with Gasteiger partial charge in [-0.05, 0) is 38.1 Å². The summed E-state index contributed by atoms with van der Waals surface area (Å²) in [6.45, 7) is 5.40. The molecule has 1 atom stereocenters. The average molecular weight is 249 g/mol. The van der Waals surface area contributed by atoms with E-state index in [1.165, 1.54) is 5.56 Å². The standard InChI is InChI=1S/C14H23N3O/c1-4-5-8-16-14(18)11-17(3)12(2)13-6-9-15-10-7-13/h6-7,9-10,12H,4-5,8,11H2,1-3H3,(H,16,18)/t12-/m0/s1. The van der Waals surface area contributed by atoms with E-state index in [0.29, 0.717) is 6.54 Å². The van der Waals surface area contributed by atoms with Crippen LogP contribution in [0.1, 0.15) is 38.3 Å². The zero-order valence-electron chi connectivity index (χ0n) is 11.5. The molecule has 0 radical (unpaired) electrons. The molecule has 0 saturated heterocycles. The van der Waals surface area contributed by atoms with Crippen molar-refractivity contribution in [2.45, 2.75) is 32.7 Å². The van der Waals surface area contributed by atoms with Gasteiger partial charge in [0.2, 0.25) is 5.91 Å². The third-order valence-corrected chi connectivity index (χ3v) is 3.10. The molecule has 100 valence electrons. The Labute approximate surface area is 109 Å². The molecule has 1 aromatic heterocycles. The van der Waals surface area contributed by atoms with Gasteiger partial charge in [0.25, 0.3) is 0 Å². The minimum atomic E-state index is 0.0897. The summed E-state index contributed by atoms with van der Waals surface area (Å²) in [7, 11) is 1.96. The number of rotatable bonds is 7. The molecule has 4 nitrogen and oxygen atoms in total. The van der Waals surface area contributed by atoms with Crippen LogP contribution in [0.3, 0.4) is 0 Å². The molecule has 1 N–H and O–H groups in total. The highest BCUT2D eigenvalue weighted by Crippen LogP contribution is 2.16. The van der Waals surface area contributed by atoms with Crippen molar-refractivity contribution in [2.75, 3.05) is 20.1 Å². The second kappa shape index (κ2) is 7.82. The molecule has 1 rings (SSSR count). The van der Waals surface area contributed by atoms with Gasteiger partial charge >= 0.3 is 0 Å². The van der Waals surface area contributed by atoms with Crippen LogP contribution in [0.2, 0.25) is 0 Å². The van der Waals surface area contributed by atoms with Crippen LogP contribution in [0.25, 0.3) is 0 Å². The number of carbonyl (C=O) groups is 1. The molecular formula is C14H23N3O. The number of pyridine rings is 1. The molecule has 18 heavy (non-hydrogen) atoms. The summed E-state index contributed by atoms with van der Waals surface area (Å²) >= 11 is 0. The summed E-state index contributed by atoms with van der Waals surface area (Å²) in [6, 6.07) is 4.18. The van der Waals surface area contributed by atoms with Crippen molar-refractivity contribution in [1.82, 2.24) is 15.2 Å². The van der Waals surface area contributed by atoms with Crippen molar-refractivity contribution < 1.29 is 4.79 Å². The predicted molar refractivity (Wildman–Crippen MR) is 73.2 cm³/mol. The first-order chi connectivity index (χ1) is 8.65. The molecule has 0 bridgehead atoms. The Morgan fingerprint density at radius 1 is 1.44 bits per heavy atom. The second-order valence-electron chi connectivity index (χ2n) is 4.58. The van der Waals surface area contributed by atoms with E-state index in [2.05, 4.69) is 24.1 Å². The molecule has 0 aromatic carbocycles. The van der Waals surface area contributed by atoms with Gasteiger partial charge in [-0.15, -0.1) is 0 Å². The number of hydrogen-bond acceptors (Lipinski definition) is 3. The fourth-order valence-corrected chi connectivity index (χ4v) is 1.72. The van der Waals surface area contributed by atoms with Gasteiger partial charge in [-0.1, -0.05) is 13.3 Å². The Bertz CT molecular complexity index is 353. The maximum atomic E-state index is 11.7. The summed E-state index contributed by atoms with van der Waals surface area (Å²) in [6.07, 6.45) is 5.70. The van der Waals surface area contributed by atoms with Crippen LogP contribution in [-0.4, -0.2) is 35.9 Å². The number of aromatic nitrogens is 1. The molecule has 0 unspecified atom stereocenters. The lowest BCUT2D eigenvalue weighted by Gasteiger charge is -2.24. The highest BCUT2D eigenvalue weighted by atomic mass is 16.2. The summed E-state index contributed by atoms with van der Waals surface area (Å²) < 4.78 is 0. The van der Waals surface area contributed by atoms with Gasteiger partial charge < -0.3 is 5.32 Å². The Morgan fingerprint density at radius 3 is 2.72 bits per heavy atom. The quantitative estimate of drug-likeness (QED) is 0.752. The van der Waals surface area contributed by atoms with Crippen LogP contribution in [0.4, 0.5) is 0 Å². The number of unbranched alkanes of at least 4 members (excludes halogenated alkanes) is 1. The van der Waals surface area contributed by atoms with Crippen molar-refractivity contribution in [3.8, 4) is 0 Å². The van der Waals surface area contributed by atoms with Gasteiger partial charge in [0.15, 0.2) is 0 Å². The lowest BCUT2D eigenvalue weighted by molar-refractivity contribution is -0.122. The molecule has 1 heterocycles. The van der Waals surface area contributed by atoms with Crippen LogP contribution < -0.4 is 5.32 Å². The number of hydrogen-bond donors (Lipinski definition) is 1. The van der Waals surface area contributed by atoms with Crippen LogP contribution in [0, 0.1) is 0 Å². The Hall–Kier alpha value is -1.42. The number of carbonyl (C=O) groups excluding carboxylic acids is 1. The molecule has 1 amide bonds. The normalized spacial score (nSPS) is 12.4. The SMILES string of the molecule is CCCCNC(=O)CN(C)[C@@H](C)c1ccncc1. The molecule has 0 spiro atoms. The van der Waals surface area contributed by atoms with E-state index in [-0.39, 0.29) is 11.9 Å². The number of likely N-dealkylation sites (N-methyl/N-ethyl adjacent to an activating group) is 1. The van der Waals surface area contributed by atoms with E-state index in [1.54, 1.807) is 12.4 Å². The monoisotopic (exact) mass is 249 g/mol. The largest absolute Gasteiger partial charge is 0.355 e. The summed E-state index contributed by atoms with van der Waals surface area (Å²) in [5.74, 6) is 0.0897. The van der Waals surface area contributed by atoms with Gasteiger partial charge in [-0.2, -0.15) is 0 Å². The smallest absolute Gasteiger partial charge is 0.234 e. The molecule has 0 fully saturated rings. The van der Waals surface area contributed by atoms with Gasteiger partial charge in [-0.3, -0.25) is 14.7 Å². The van der Waals surface area contributed by atoms with E-state index < -0.39 is 0 Å². The third kappa shape index (κ3) is 4.84. The predicted octanol–water partition coefficient (Wildman–Crippen LogP) is 1.99. The molecule has 0 aliphatic carbocycles. The van der Waals surface area contributed by atoms with Crippen LogP contribution in [-0.2, 0) is 4.79 Å². The van der Waals surface area contributed by atoms with Crippen molar-refractivity contribution in [2.24, 2.45) is 0 Å². The fourth-order valence-electron chi connectivity index (χ4n) is 1.72. The summed E-state index contributed by atoms with van der Waals surface area (Å²) in [4.78, 5) is 17.7. The lowest BCUT2D eigenvalue weighted by Crippen LogP contribution is -2.36. The van der Waals surface area contributed by atoms with E-state index in [9.17, 15) is 4.79 Å². The van der Waals surface area contributed by atoms with E-state index in [0.717, 1.165) is 19.4 Å². The number of nitrogens with one attached hydrogen (secondary N) is 1. The highest BCUT2D eigenvalue weighted by Gasteiger charge is 2.14. The van der Waals surface area contributed by atoms with Gasteiger partial charge in [0, 0.05) is 25.0 Å². The molecular weight excluding hydrogens is 226 g/mol. The maximum Gasteiger partial charge on any atom is 0.234 e. The van der Waals surface area contributed by atoms with E-state index in [4.69, 9.17) is 0 Å². The summed E-state index contributed by atoms with van der Waals surface area (Å²) in [5.41, 5.74) is 1.17. The fraction of sp³-hybridized carbons (Fsp3) is 0.571. The van der Waals surface area contributed by atoms with Crippen molar-refractivity contribution in [3.63, 3.8) is 0 Å².